The Kier molecular flexibility index (Phi) is 12.7. The molecule has 3 aromatic heterocycles. The summed E-state index contributed by atoms with van der Waals surface area (Å²) in [6.07, 6.45) is 11.6. The van der Waals surface area contributed by atoms with E-state index < -0.39 is 23.8 Å². The normalized spacial score (nSPS) is 10.9. The number of nitrogens with two attached hydrogens (primary N) is 2. The van der Waals surface area contributed by atoms with Gasteiger partial charge in [0.05, 0.1) is 23.6 Å². The quantitative estimate of drug-likeness (QED) is 0.0489. The number of likely N-dealkylation sites (N-methyl/N-ethyl adjacent to an activating group) is 1. The van der Waals surface area contributed by atoms with Crippen molar-refractivity contribution in [3.63, 3.8) is 0 Å². The Bertz CT molecular complexity index is 1910. The van der Waals surface area contributed by atoms with E-state index in [-0.39, 0.29) is 24.2 Å². The summed E-state index contributed by atoms with van der Waals surface area (Å²) >= 11 is 7.34. The van der Waals surface area contributed by atoms with Crippen molar-refractivity contribution in [1.29, 1.82) is 0 Å². The standard InChI is InChI=1S/C33H37ClN10O5S/c1-39(18-14-37-30(35)36)31(47)43-16-11-25(21-43)41(3)33(49)44-17-12-26(22-44)40(2)32(48)42-15-10-24(20-42)38-29(46)28(45)9-6-23-4-7-27(8-5-23)50-19-13-34/h4-12,15-17,20-22H,13-14,18-19H2,1-3H3,(H,38,46)(H4,35,36,37)/b9-6+. The molecule has 0 saturated heterocycles. The number of alkyl halides is 1. The molecule has 0 atom stereocenters. The lowest BCUT2D eigenvalue weighted by atomic mass is 10.2. The van der Waals surface area contributed by atoms with Crippen LogP contribution in [0.25, 0.3) is 6.08 Å². The average molecular weight is 721 g/mol. The average Bonchev–Trinajstić information content (AvgIpc) is 3.90. The van der Waals surface area contributed by atoms with Crippen molar-refractivity contribution in [2.24, 2.45) is 16.5 Å². The minimum atomic E-state index is -0.858. The van der Waals surface area contributed by atoms with Gasteiger partial charge in [0.2, 0.25) is 5.78 Å². The Balaban J connectivity index is 1.32. The molecular formula is C33H37ClN10O5S. The summed E-state index contributed by atoms with van der Waals surface area (Å²) in [5.74, 6) is -0.338. The molecule has 4 amide bonds. The number of rotatable bonds is 12. The fourth-order valence-corrected chi connectivity index (χ4v) is 5.33. The van der Waals surface area contributed by atoms with Gasteiger partial charge in [-0.15, -0.1) is 23.4 Å². The third-order valence-corrected chi connectivity index (χ3v) is 8.68. The topological polar surface area (TPSA) is 186 Å². The van der Waals surface area contributed by atoms with E-state index in [0.29, 0.717) is 23.8 Å². The molecule has 0 spiro atoms. The lowest BCUT2D eigenvalue weighted by molar-refractivity contribution is -0.131. The van der Waals surface area contributed by atoms with E-state index in [0.717, 1.165) is 16.2 Å². The number of hydrogen-bond donors (Lipinski definition) is 3. The number of carbonyl (C=O) groups is 5. The van der Waals surface area contributed by atoms with E-state index in [9.17, 15) is 24.0 Å². The van der Waals surface area contributed by atoms with Crippen LogP contribution in [0.3, 0.4) is 0 Å². The molecule has 4 aromatic rings. The minimum absolute atomic E-state index is 0.0621. The number of benzene rings is 1. The number of nitrogens with zero attached hydrogens (tertiary/aromatic N) is 7. The van der Waals surface area contributed by atoms with E-state index in [2.05, 4.69) is 10.3 Å². The second-order valence-corrected chi connectivity index (χ2v) is 12.4. The molecular weight excluding hydrogens is 684 g/mol. The van der Waals surface area contributed by atoms with Crippen molar-refractivity contribution in [1.82, 2.24) is 18.6 Å². The molecule has 50 heavy (non-hydrogen) atoms. The van der Waals surface area contributed by atoms with Gasteiger partial charge in [-0.25, -0.2) is 14.4 Å². The fourth-order valence-electron chi connectivity index (χ4n) is 4.46. The molecule has 0 unspecified atom stereocenters. The molecule has 0 aliphatic heterocycles. The molecule has 262 valence electrons. The molecule has 0 radical (unpaired) electrons. The van der Waals surface area contributed by atoms with E-state index in [4.69, 9.17) is 23.1 Å². The summed E-state index contributed by atoms with van der Waals surface area (Å²) in [5.41, 5.74) is 12.5. The molecule has 4 rings (SSSR count). The van der Waals surface area contributed by atoms with Crippen molar-refractivity contribution in [3.8, 4) is 0 Å². The van der Waals surface area contributed by atoms with Gasteiger partial charge >= 0.3 is 18.1 Å². The van der Waals surface area contributed by atoms with Gasteiger partial charge in [-0.05, 0) is 42.0 Å². The van der Waals surface area contributed by atoms with Crippen molar-refractivity contribution in [2.75, 3.05) is 61.0 Å². The zero-order valence-electron chi connectivity index (χ0n) is 27.6. The Morgan fingerprint density at radius 1 is 0.820 bits per heavy atom. The van der Waals surface area contributed by atoms with Crippen LogP contribution in [0.2, 0.25) is 0 Å². The zero-order chi connectivity index (χ0) is 36.4. The number of thioether (sulfide) groups is 1. The Hall–Kier alpha value is -5.74. The van der Waals surface area contributed by atoms with Gasteiger partial charge in [-0.2, -0.15) is 0 Å². The fraction of sp³-hybridized carbons (Fsp3) is 0.212. The Morgan fingerprint density at radius 2 is 1.38 bits per heavy atom. The zero-order valence-corrected chi connectivity index (χ0v) is 29.2. The van der Waals surface area contributed by atoms with Crippen LogP contribution in [0.5, 0.6) is 0 Å². The number of halogens is 1. The number of amides is 4. The first-order chi connectivity index (χ1) is 23.9. The maximum atomic E-state index is 13.2. The number of guanidine groups is 1. The smallest absolute Gasteiger partial charge is 0.332 e. The van der Waals surface area contributed by atoms with Crippen LogP contribution >= 0.6 is 23.4 Å². The van der Waals surface area contributed by atoms with Crippen molar-refractivity contribution in [3.05, 3.63) is 91.3 Å². The van der Waals surface area contributed by atoms with Gasteiger partial charge in [0.25, 0.3) is 5.91 Å². The second-order valence-electron chi connectivity index (χ2n) is 10.8. The SMILES string of the molecule is CN(CCN=C(N)N)C(=O)n1ccc(N(C)C(=O)n2ccc(N(C)C(=O)n3ccc(NC(=O)C(=O)/C=C/c4ccc(SCCCl)cc4)c3)c2)c1. The molecule has 0 aliphatic carbocycles. The number of carbonyl (C=O) groups excluding carboxylic acids is 5. The van der Waals surface area contributed by atoms with Gasteiger partial charge < -0.3 is 21.7 Å². The number of hydrogen-bond acceptors (Lipinski definition) is 7. The number of aromatic nitrogens is 3. The molecule has 0 bridgehead atoms. The summed E-state index contributed by atoms with van der Waals surface area (Å²) in [4.78, 5) is 73.1. The highest BCUT2D eigenvalue weighted by Crippen LogP contribution is 2.21. The van der Waals surface area contributed by atoms with E-state index in [1.54, 1.807) is 44.1 Å². The van der Waals surface area contributed by atoms with Gasteiger partial charge in [0.15, 0.2) is 5.96 Å². The summed E-state index contributed by atoms with van der Waals surface area (Å²) < 4.78 is 3.88. The summed E-state index contributed by atoms with van der Waals surface area (Å²) in [6, 6.07) is 10.9. The molecule has 15 nitrogen and oxygen atoms in total. The third-order valence-electron chi connectivity index (χ3n) is 7.25. The first kappa shape index (κ1) is 37.1. The third kappa shape index (κ3) is 9.67. The lowest BCUT2D eigenvalue weighted by Gasteiger charge is -2.18. The highest BCUT2D eigenvalue weighted by atomic mass is 35.5. The van der Waals surface area contributed by atoms with Gasteiger partial charge in [0, 0.05) is 81.4 Å². The van der Waals surface area contributed by atoms with Crippen molar-refractivity contribution >= 4 is 82.2 Å². The van der Waals surface area contributed by atoms with E-state index in [1.807, 2.05) is 24.3 Å². The van der Waals surface area contributed by atoms with Gasteiger partial charge in [-0.1, -0.05) is 18.2 Å². The first-order valence-corrected chi connectivity index (χ1v) is 16.6. The maximum absolute atomic E-state index is 13.2. The number of aliphatic imine (C=N–C) groups is 1. The Labute approximate surface area is 297 Å². The molecule has 0 aliphatic rings. The minimum Gasteiger partial charge on any atom is -0.370 e. The van der Waals surface area contributed by atoms with Crippen LogP contribution in [0.15, 0.2) is 95.6 Å². The van der Waals surface area contributed by atoms with Gasteiger partial charge in [-0.3, -0.25) is 38.1 Å². The van der Waals surface area contributed by atoms with Crippen molar-refractivity contribution in [2.45, 2.75) is 4.90 Å². The molecule has 5 N–H and O–H groups in total. The second kappa shape index (κ2) is 17.1. The molecule has 3 heterocycles. The predicted octanol–water partition coefficient (Wildman–Crippen LogP) is 4.03. The molecule has 17 heteroatoms. The Morgan fingerprint density at radius 3 is 1.96 bits per heavy atom. The van der Waals surface area contributed by atoms with Crippen LogP contribution in [0, 0.1) is 0 Å². The number of nitrogens with one attached hydrogen (secondary N) is 1. The van der Waals surface area contributed by atoms with Crippen LogP contribution in [-0.4, -0.2) is 100 Å². The predicted molar refractivity (Wildman–Crippen MR) is 196 cm³/mol. The van der Waals surface area contributed by atoms with E-state index >= 15 is 0 Å². The van der Waals surface area contributed by atoms with Gasteiger partial charge in [0.1, 0.15) is 0 Å². The molecule has 1 aromatic carbocycles. The first-order valence-electron chi connectivity index (χ1n) is 15.1. The largest absolute Gasteiger partial charge is 0.370 e. The molecule has 0 fully saturated rings. The summed E-state index contributed by atoms with van der Waals surface area (Å²) in [5, 5.41) is 2.50. The summed E-state index contributed by atoms with van der Waals surface area (Å²) in [6.45, 7) is 0.539. The summed E-state index contributed by atoms with van der Waals surface area (Å²) in [7, 11) is 4.69. The lowest BCUT2D eigenvalue weighted by Crippen LogP contribution is -2.33. The van der Waals surface area contributed by atoms with Crippen LogP contribution in [-0.2, 0) is 9.59 Å². The highest BCUT2D eigenvalue weighted by molar-refractivity contribution is 7.99. The van der Waals surface area contributed by atoms with Crippen LogP contribution in [0.1, 0.15) is 5.56 Å². The number of ketones is 1. The van der Waals surface area contributed by atoms with Crippen LogP contribution in [0.4, 0.5) is 31.4 Å². The molecule has 0 saturated carbocycles. The number of anilines is 3. The highest BCUT2D eigenvalue weighted by Gasteiger charge is 2.20. The van der Waals surface area contributed by atoms with Crippen molar-refractivity contribution < 1.29 is 24.0 Å². The van der Waals surface area contributed by atoms with Crippen LogP contribution < -0.4 is 26.6 Å². The maximum Gasteiger partial charge on any atom is 0.332 e. The van der Waals surface area contributed by atoms with E-state index in [1.165, 1.54) is 84.8 Å². The monoisotopic (exact) mass is 720 g/mol.